The number of ether oxygens (including phenoxy) is 2. The zero-order chi connectivity index (χ0) is 19.4. The van der Waals surface area contributed by atoms with E-state index in [0.29, 0.717) is 29.6 Å². The van der Waals surface area contributed by atoms with E-state index in [0.717, 1.165) is 22.2 Å². The summed E-state index contributed by atoms with van der Waals surface area (Å²) in [6, 6.07) is 5.31. The van der Waals surface area contributed by atoms with E-state index in [9.17, 15) is 4.79 Å². The number of nitrogens with one attached hydrogen (secondary N) is 1. The summed E-state index contributed by atoms with van der Waals surface area (Å²) in [5.74, 6) is 0.653. The lowest BCUT2D eigenvalue weighted by Crippen LogP contribution is -2.29. The topological polar surface area (TPSA) is 128 Å². The van der Waals surface area contributed by atoms with E-state index in [-0.39, 0.29) is 16.8 Å². The van der Waals surface area contributed by atoms with Crippen LogP contribution >= 0.6 is 11.8 Å². The van der Waals surface area contributed by atoms with E-state index in [4.69, 9.17) is 20.6 Å². The SMILES string of the molecule is C=CCOc1ccc(/C=C2\SC(=N)N(c3nonc3N)C2=O)cc1OCC. The lowest BCUT2D eigenvalue weighted by atomic mass is 10.2. The monoisotopic (exact) mass is 387 g/mol. The highest BCUT2D eigenvalue weighted by molar-refractivity contribution is 8.19. The number of nitrogen functional groups attached to an aromatic ring is 1. The van der Waals surface area contributed by atoms with Crippen molar-refractivity contribution in [2.75, 3.05) is 23.8 Å². The summed E-state index contributed by atoms with van der Waals surface area (Å²) in [7, 11) is 0. The van der Waals surface area contributed by atoms with Crippen LogP contribution in [0.4, 0.5) is 11.6 Å². The van der Waals surface area contributed by atoms with Crippen LogP contribution in [-0.2, 0) is 4.79 Å². The van der Waals surface area contributed by atoms with Gasteiger partial charge in [-0.3, -0.25) is 10.2 Å². The van der Waals surface area contributed by atoms with E-state index in [1.807, 2.05) is 6.92 Å². The third-order valence-corrected chi connectivity index (χ3v) is 4.34. The van der Waals surface area contributed by atoms with Crippen LogP contribution in [0.3, 0.4) is 0 Å². The van der Waals surface area contributed by atoms with Crippen molar-refractivity contribution in [2.45, 2.75) is 6.92 Å². The number of carbonyl (C=O) groups is 1. The molecule has 1 aromatic carbocycles. The maximum Gasteiger partial charge on any atom is 0.272 e. The number of rotatable bonds is 7. The fourth-order valence-corrected chi connectivity index (χ4v) is 3.17. The van der Waals surface area contributed by atoms with Crippen LogP contribution in [0.15, 0.2) is 40.4 Å². The molecule has 0 bridgehead atoms. The number of hydrogen-bond donors (Lipinski definition) is 2. The van der Waals surface area contributed by atoms with Gasteiger partial charge in [0.1, 0.15) is 6.61 Å². The molecule has 0 radical (unpaired) electrons. The molecule has 0 spiro atoms. The Bertz CT molecular complexity index is 924. The summed E-state index contributed by atoms with van der Waals surface area (Å²) in [6.07, 6.45) is 3.30. The van der Waals surface area contributed by atoms with Gasteiger partial charge in [-0.25, -0.2) is 9.53 Å². The standard InChI is InChI=1S/C17H17N5O4S/c1-3-7-25-11-6-5-10(8-12(11)24-4-2)9-13-16(23)22(17(19)27-13)15-14(18)20-26-21-15/h3,5-6,8-9,19H,1,4,7H2,2H3,(H2,18,20)/b13-9-,19-17?. The number of anilines is 2. The first kappa shape index (κ1) is 18.5. The second-order valence-corrected chi connectivity index (χ2v) is 6.30. The maximum atomic E-state index is 12.7. The number of nitrogens with two attached hydrogens (primary N) is 1. The first-order valence-electron chi connectivity index (χ1n) is 7.96. The third-order valence-electron chi connectivity index (χ3n) is 3.45. The zero-order valence-electron chi connectivity index (χ0n) is 14.5. The van der Waals surface area contributed by atoms with E-state index >= 15 is 0 Å². The van der Waals surface area contributed by atoms with Gasteiger partial charge in [0.15, 0.2) is 16.7 Å². The first-order valence-corrected chi connectivity index (χ1v) is 8.78. The quantitative estimate of drug-likeness (QED) is 0.548. The van der Waals surface area contributed by atoms with E-state index in [2.05, 4.69) is 21.5 Å². The highest BCUT2D eigenvalue weighted by atomic mass is 32.2. The first-order chi connectivity index (χ1) is 13.0. The Labute approximate surface area is 159 Å². The number of thioether (sulfide) groups is 1. The Morgan fingerprint density at radius 3 is 2.85 bits per heavy atom. The highest BCUT2D eigenvalue weighted by Gasteiger charge is 2.37. The third kappa shape index (κ3) is 3.80. The second kappa shape index (κ2) is 7.96. The molecule has 2 heterocycles. The lowest BCUT2D eigenvalue weighted by Gasteiger charge is -2.11. The van der Waals surface area contributed by atoms with Gasteiger partial charge in [-0.15, -0.1) is 0 Å². The Hall–Kier alpha value is -3.27. The molecule has 1 saturated heterocycles. The molecule has 0 saturated carbocycles. The molecular weight excluding hydrogens is 370 g/mol. The Morgan fingerprint density at radius 1 is 1.37 bits per heavy atom. The molecule has 3 rings (SSSR count). The fourth-order valence-electron chi connectivity index (χ4n) is 2.33. The lowest BCUT2D eigenvalue weighted by molar-refractivity contribution is -0.113. The van der Waals surface area contributed by atoms with Crippen LogP contribution in [0, 0.1) is 5.41 Å². The van der Waals surface area contributed by atoms with Crippen molar-refractivity contribution in [2.24, 2.45) is 0 Å². The number of amidine groups is 1. The number of hydrogen-bond acceptors (Lipinski definition) is 9. The Morgan fingerprint density at radius 2 is 2.19 bits per heavy atom. The van der Waals surface area contributed by atoms with Gasteiger partial charge in [0.2, 0.25) is 11.6 Å². The highest BCUT2D eigenvalue weighted by Crippen LogP contribution is 2.37. The van der Waals surface area contributed by atoms with Gasteiger partial charge in [0.25, 0.3) is 5.91 Å². The Kier molecular flexibility index (Phi) is 5.46. The van der Waals surface area contributed by atoms with Gasteiger partial charge in [-0.05, 0) is 52.8 Å². The van der Waals surface area contributed by atoms with Gasteiger partial charge in [-0.1, -0.05) is 18.7 Å². The van der Waals surface area contributed by atoms with Crippen molar-refractivity contribution in [1.29, 1.82) is 5.41 Å². The van der Waals surface area contributed by atoms with Crippen LogP contribution in [0.2, 0.25) is 0 Å². The number of aromatic nitrogens is 2. The van der Waals surface area contributed by atoms with Crippen molar-refractivity contribution in [3.63, 3.8) is 0 Å². The molecular formula is C17H17N5O4S. The molecule has 10 heteroatoms. The summed E-state index contributed by atoms with van der Waals surface area (Å²) in [5, 5.41) is 15.0. The molecule has 0 aliphatic carbocycles. The second-order valence-electron chi connectivity index (χ2n) is 5.27. The fraction of sp³-hybridized carbons (Fsp3) is 0.176. The van der Waals surface area contributed by atoms with Crippen LogP contribution < -0.4 is 20.1 Å². The van der Waals surface area contributed by atoms with Crippen molar-refractivity contribution in [1.82, 2.24) is 10.3 Å². The molecule has 2 aromatic rings. The zero-order valence-corrected chi connectivity index (χ0v) is 15.3. The largest absolute Gasteiger partial charge is 0.490 e. The van der Waals surface area contributed by atoms with Gasteiger partial charge in [0.05, 0.1) is 11.5 Å². The average Bonchev–Trinajstić information content (AvgIpc) is 3.17. The van der Waals surface area contributed by atoms with Gasteiger partial charge in [0, 0.05) is 0 Å². The molecule has 9 nitrogen and oxygen atoms in total. The van der Waals surface area contributed by atoms with Crippen molar-refractivity contribution >= 4 is 40.5 Å². The van der Waals surface area contributed by atoms with Crippen LogP contribution in [0.5, 0.6) is 11.5 Å². The van der Waals surface area contributed by atoms with E-state index < -0.39 is 5.91 Å². The molecule has 1 amide bonds. The minimum absolute atomic E-state index is 0.00378. The Balaban J connectivity index is 1.89. The minimum atomic E-state index is -0.433. The van der Waals surface area contributed by atoms with E-state index in [1.165, 1.54) is 0 Å². The molecule has 0 atom stereocenters. The summed E-state index contributed by atoms with van der Waals surface area (Å²) in [4.78, 5) is 14.0. The summed E-state index contributed by atoms with van der Waals surface area (Å²) in [5.41, 5.74) is 6.35. The maximum absolute atomic E-state index is 12.7. The summed E-state index contributed by atoms with van der Waals surface area (Å²) >= 11 is 0.991. The molecule has 3 N–H and O–H groups in total. The van der Waals surface area contributed by atoms with Crippen LogP contribution in [0.1, 0.15) is 12.5 Å². The molecule has 1 aromatic heterocycles. The van der Waals surface area contributed by atoms with Gasteiger partial charge < -0.3 is 15.2 Å². The summed E-state index contributed by atoms with van der Waals surface area (Å²) in [6.45, 7) is 6.31. The van der Waals surface area contributed by atoms with Crippen molar-refractivity contribution in [3.8, 4) is 11.5 Å². The van der Waals surface area contributed by atoms with Crippen molar-refractivity contribution in [3.05, 3.63) is 41.3 Å². The predicted molar refractivity (Wildman–Crippen MR) is 103 cm³/mol. The van der Waals surface area contributed by atoms with Gasteiger partial charge >= 0.3 is 0 Å². The molecule has 140 valence electrons. The molecule has 27 heavy (non-hydrogen) atoms. The predicted octanol–water partition coefficient (Wildman–Crippen LogP) is 2.67. The molecule has 1 fully saturated rings. The van der Waals surface area contributed by atoms with Crippen LogP contribution in [0.25, 0.3) is 6.08 Å². The molecule has 0 unspecified atom stereocenters. The van der Waals surface area contributed by atoms with E-state index in [1.54, 1.807) is 30.4 Å². The number of amides is 1. The number of benzene rings is 1. The normalized spacial score (nSPS) is 15.4. The van der Waals surface area contributed by atoms with Crippen molar-refractivity contribution < 1.29 is 18.9 Å². The number of carbonyl (C=O) groups excluding carboxylic acids is 1. The summed E-state index contributed by atoms with van der Waals surface area (Å²) < 4.78 is 15.7. The van der Waals surface area contributed by atoms with Gasteiger partial charge in [-0.2, -0.15) is 0 Å². The molecule has 1 aliphatic rings. The smallest absolute Gasteiger partial charge is 0.272 e. The minimum Gasteiger partial charge on any atom is -0.490 e. The number of nitrogens with zero attached hydrogens (tertiary/aromatic N) is 3. The average molecular weight is 387 g/mol. The molecule has 1 aliphatic heterocycles. The van der Waals surface area contributed by atoms with Crippen LogP contribution in [-0.4, -0.2) is 34.6 Å².